The van der Waals surface area contributed by atoms with Gasteiger partial charge >= 0.3 is 0 Å². The highest BCUT2D eigenvalue weighted by molar-refractivity contribution is 5.78. The van der Waals surface area contributed by atoms with Gasteiger partial charge in [0.25, 0.3) is 0 Å². The summed E-state index contributed by atoms with van der Waals surface area (Å²) in [6.45, 7) is 7.12. The fourth-order valence-electron chi connectivity index (χ4n) is 2.79. The molecule has 0 aliphatic carbocycles. The highest BCUT2D eigenvalue weighted by Crippen LogP contribution is 2.26. The number of rotatable bonds is 5. The number of amides is 1. The van der Waals surface area contributed by atoms with Gasteiger partial charge in [0.1, 0.15) is 18.2 Å². The largest absolute Gasteiger partial charge is 0.375 e. The van der Waals surface area contributed by atoms with Crippen molar-refractivity contribution < 1.29 is 9.53 Å². The van der Waals surface area contributed by atoms with Gasteiger partial charge in [-0.2, -0.15) is 0 Å². The van der Waals surface area contributed by atoms with E-state index in [9.17, 15) is 4.79 Å². The van der Waals surface area contributed by atoms with E-state index in [0.717, 1.165) is 22.9 Å². The lowest BCUT2D eigenvalue weighted by atomic mass is 9.99. The number of carbonyl (C=O) groups excluding carboxylic acids is 1. The number of hydrogen-bond acceptors (Lipinski definition) is 7. The van der Waals surface area contributed by atoms with Gasteiger partial charge < -0.3 is 15.0 Å². The molecule has 3 heterocycles. The molecule has 0 aromatic carbocycles. The molecule has 0 saturated carbocycles. The molecule has 0 spiro atoms. The van der Waals surface area contributed by atoms with E-state index >= 15 is 0 Å². The van der Waals surface area contributed by atoms with Gasteiger partial charge in [-0.05, 0) is 26.8 Å². The molecule has 1 saturated heterocycles. The van der Waals surface area contributed by atoms with Gasteiger partial charge in [0, 0.05) is 43.3 Å². The topological polar surface area (TPSA) is 93.1 Å². The number of nitrogens with zero attached hydrogens (tertiary/aromatic N) is 5. The zero-order valence-corrected chi connectivity index (χ0v) is 14.9. The first-order chi connectivity index (χ1) is 11.9. The van der Waals surface area contributed by atoms with E-state index in [1.165, 1.54) is 7.11 Å². The zero-order valence-electron chi connectivity index (χ0n) is 14.9. The summed E-state index contributed by atoms with van der Waals surface area (Å²) in [5, 5.41) is 3.15. The van der Waals surface area contributed by atoms with Crippen molar-refractivity contribution in [2.75, 3.05) is 32.1 Å². The molecule has 1 N–H and O–H groups in total. The van der Waals surface area contributed by atoms with E-state index in [-0.39, 0.29) is 18.4 Å². The Balaban J connectivity index is 1.72. The molecule has 1 amide bonds. The quantitative estimate of drug-likeness (QED) is 0.880. The molecule has 2 aromatic rings. The van der Waals surface area contributed by atoms with E-state index in [1.807, 2.05) is 32.9 Å². The molecule has 8 heteroatoms. The molecular formula is C17H22N6O2. The van der Waals surface area contributed by atoms with Crippen molar-refractivity contribution in [1.82, 2.24) is 24.8 Å². The van der Waals surface area contributed by atoms with Gasteiger partial charge in [0.2, 0.25) is 11.9 Å². The summed E-state index contributed by atoms with van der Waals surface area (Å²) < 4.78 is 4.88. The van der Waals surface area contributed by atoms with E-state index in [4.69, 9.17) is 4.74 Å². The minimum Gasteiger partial charge on any atom is -0.375 e. The van der Waals surface area contributed by atoms with Gasteiger partial charge in [-0.1, -0.05) is 0 Å². The van der Waals surface area contributed by atoms with E-state index in [1.54, 1.807) is 4.90 Å². The number of aryl methyl sites for hydroxylation is 3. The maximum atomic E-state index is 11.8. The second-order valence-corrected chi connectivity index (χ2v) is 6.28. The van der Waals surface area contributed by atoms with Crippen molar-refractivity contribution in [1.29, 1.82) is 0 Å². The number of aromatic nitrogens is 4. The Kier molecular flexibility index (Phi) is 4.89. The Labute approximate surface area is 146 Å². The fraction of sp³-hybridized carbons (Fsp3) is 0.471. The SMILES string of the molecule is COCC(=O)N1CC(c2nc(C)cc(Nc3nc(C)cc(C)n3)n2)C1. The molecular weight excluding hydrogens is 320 g/mol. The Morgan fingerprint density at radius 1 is 1.12 bits per heavy atom. The molecule has 0 atom stereocenters. The second kappa shape index (κ2) is 7.10. The molecule has 132 valence electrons. The smallest absolute Gasteiger partial charge is 0.248 e. The van der Waals surface area contributed by atoms with Crippen LogP contribution < -0.4 is 5.32 Å². The summed E-state index contributed by atoms with van der Waals surface area (Å²) >= 11 is 0. The summed E-state index contributed by atoms with van der Waals surface area (Å²) in [6.07, 6.45) is 0. The summed E-state index contributed by atoms with van der Waals surface area (Å²) in [4.78, 5) is 31.4. The third-order valence-corrected chi connectivity index (χ3v) is 3.96. The summed E-state index contributed by atoms with van der Waals surface area (Å²) in [7, 11) is 1.52. The van der Waals surface area contributed by atoms with E-state index < -0.39 is 0 Å². The van der Waals surface area contributed by atoms with Crippen molar-refractivity contribution in [3.63, 3.8) is 0 Å². The average Bonchev–Trinajstić information content (AvgIpc) is 2.44. The molecule has 3 rings (SSSR count). The van der Waals surface area contributed by atoms with Crippen molar-refractivity contribution in [2.45, 2.75) is 26.7 Å². The van der Waals surface area contributed by atoms with E-state index in [0.29, 0.717) is 24.9 Å². The first-order valence-electron chi connectivity index (χ1n) is 8.16. The highest BCUT2D eigenvalue weighted by Gasteiger charge is 2.33. The summed E-state index contributed by atoms with van der Waals surface area (Å²) in [5.41, 5.74) is 2.65. The number of likely N-dealkylation sites (tertiary alicyclic amines) is 1. The van der Waals surface area contributed by atoms with Crippen molar-refractivity contribution in [2.24, 2.45) is 0 Å². The predicted octanol–water partition coefficient (Wildman–Crippen LogP) is 1.51. The molecule has 1 fully saturated rings. The molecule has 0 bridgehead atoms. The van der Waals surface area contributed by atoms with Gasteiger partial charge in [0.05, 0.1) is 5.92 Å². The van der Waals surface area contributed by atoms with Gasteiger partial charge in [-0.3, -0.25) is 4.79 Å². The molecule has 1 aliphatic heterocycles. The van der Waals surface area contributed by atoms with Gasteiger partial charge in [-0.15, -0.1) is 0 Å². The van der Waals surface area contributed by atoms with Crippen molar-refractivity contribution in [3.05, 3.63) is 35.0 Å². The van der Waals surface area contributed by atoms with Crippen LogP contribution >= 0.6 is 0 Å². The molecule has 8 nitrogen and oxygen atoms in total. The number of carbonyl (C=O) groups is 1. The molecule has 2 aromatic heterocycles. The van der Waals surface area contributed by atoms with Crippen molar-refractivity contribution >= 4 is 17.7 Å². The van der Waals surface area contributed by atoms with Crippen molar-refractivity contribution in [3.8, 4) is 0 Å². The third kappa shape index (κ3) is 4.08. The Morgan fingerprint density at radius 3 is 2.40 bits per heavy atom. The van der Waals surface area contributed by atoms with Crippen LogP contribution in [0.15, 0.2) is 12.1 Å². The monoisotopic (exact) mass is 342 g/mol. The van der Waals surface area contributed by atoms with Crippen LogP contribution in [0.3, 0.4) is 0 Å². The first kappa shape index (κ1) is 17.2. The van der Waals surface area contributed by atoms with Crippen LogP contribution in [0, 0.1) is 20.8 Å². The zero-order chi connectivity index (χ0) is 18.0. The average molecular weight is 342 g/mol. The van der Waals surface area contributed by atoms with Gasteiger partial charge in [0.15, 0.2) is 0 Å². The maximum absolute atomic E-state index is 11.8. The standard InChI is InChI=1S/C17H22N6O2/c1-10-5-11(2)20-17(19-10)22-14-6-12(3)18-16(21-14)13-7-23(8-13)15(24)9-25-4/h5-6,13H,7-9H2,1-4H3,(H,18,19,20,21,22). The predicted molar refractivity (Wildman–Crippen MR) is 92.8 cm³/mol. The van der Waals surface area contributed by atoms with Crippen LogP contribution in [-0.2, 0) is 9.53 Å². The third-order valence-electron chi connectivity index (χ3n) is 3.96. The van der Waals surface area contributed by atoms with Crippen LogP contribution in [0.25, 0.3) is 0 Å². The normalized spacial score (nSPS) is 14.3. The minimum absolute atomic E-state index is 0.00612. The molecule has 1 aliphatic rings. The number of anilines is 2. The number of hydrogen-bond donors (Lipinski definition) is 1. The Hall–Kier alpha value is -2.61. The minimum atomic E-state index is -0.00612. The fourth-order valence-corrected chi connectivity index (χ4v) is 2.79. The van der Waals surface area contributed by atoms with Crippen LogP contribution in [0.4, 0.5) is 11.8 Å². The lowest BCUT2D eigenvalue weighted by Gasteiger charge is -2.38. The van der Waals surface area contributed by atoms with Crippen LogP contribution in [0.5, 0.6) is 0 Å². The van der Waals surface area contributed by atoms with E-state index in [2.05, 4.69) is 25.3 Å². The van der Waals surface area contributed by atoms with Gasteiger partial charge in [-0.25, -0.2) is 19.9 Å². The first-order valence-corrected chi connectivity index (χ1v) is 8.16. The summed E-state index contributed by atoms with van der Waals surface area (Å²) in [5.74, 6) is 2.05. The lowest BCUT2D eigenvalue weighted by molar-refractivity contribution is -0.139. The highest BCUT2D eigenvalue weighted by atomic mass is 16.5. The summed E-state index contributed by atoms with van der Waals surface area (Å²) in [6, 6.07) is 3.78. The Bertz CT molecular complexity index is 768. The van der Waals surface area contributed by atoms with Crippen LogP contribution in [-0.4, -0.2) is 57.5 Å². The van der Waals surface area contributed by atoms with Crippen LogP contribution in [0.1, 0.15) is 28.8 Å². The second-order valence-electron chi connectivity index (χ2n) is 6.28. The lowest BCUT2D eigenvalue weighted by Crippen LogP contribution is -2.50. The molecule has 0 radical (unpaired) electrons. The maximum Gasteiger partial charge on any atom is 0.248 e. The number of nitrogens with one attached hydrogen (secondary N) is 1. The number of ether oxygens (including phenoxy) is 1. The number of methoxy groups -OCH3 is 1. The Morgan fingerprint density at radius 2 is 1.76 bits per heavy atom. The molecule has 0 unspecified atom stereocenters. The van der Waals surface area contributed by atoms with Crippen LogP contribution in [0.2, 0.25) is 0 Å². The molecule has 25 heavy (non-hydrogen) atoms.